The molecule has 21 heavy (non-hydrogen) atoms. The summed E-state index contributed by atoms with van der Waals surface area (Å²) >= 11 is 0. The first-order chi connectivity index (χ1) is 9.60. The molecule has 0 saturated carbocycles. The maximum atomic E-state index is 12.1. The lowest BCUT2D eigenvalue weighted by Crippen LogP contribution is -2.64. The van der Waals surface area contributed by atoms with Crippen molar-refractivity contribution in [3.63, 3.8) is 0 Å². The molecule has 2 fully saturated rings. The molecule has 1 atom stereocenters. The molecule has 5 heteroatoms. The van der Waals surface area contributed by atoms with Crippen LogP contribution in [0.5, 0.6) is 0 Å². The highest BCUT2D eigenvalue weighted by Gasteiger charge is 2.41. The van der Waals surface area contributed by atoms with E-state index >= 15 is 0 Å². The van der Waals surface area contributed by atoms with Crippen molar-refractivity contribution < 1.29 is 9.53 Å². The van der Waals surface area contributed by atoms with Crippen LogP contribution in [0.1, 0.15) is 40.5 Å². The van der Waals surface area contributed by atoms with Gasteiger partial charge in [0.15, 0.2) is 0 Å². The van der Waals surface area contributed by atoms with E-state index in [0.29, 0.717) is 19.2 Å². The standard InChI is InChI=1S/C16H31N3O2/c1-15(2)9-12(10-16(3,4)17-15)19-7-8-21-13(11-19)14(20)18(5)6/h12-13,17H,7-11H2,1-6H3/t13-/m1/s1. The molecule has 0 aromatic heterocycles. The van der Waals surface area contributed by atoms with Crippen molar-refractivity contribution in [1.29, 1.82) is 0 Å². The monoisotopic (exact) mass is 297 g/mol. The fraction of sp³-hybridized carbons (Fsp3) is 0.938. The van der Waals surface area contributed by atoms with Crippen LogP contribution < -0.4 is 5.32 Å². The van der Waals surface area contributed by atoms with Crippen molar-refractivity contribution in [1.82, 2.24) is 15.1 Å². The number of hydrogen-bond acceptors (Lipinski definition) is 4. The minimum absolute atomic E-state index is 0.0761. The first kappa shape index (κ1) is 16.7. The summed E-state index contributed by atoms with van der Waals surface area (Å²) in [5.74, 6) is 0.0761. The van der Waals surface area contributed by atoms with Gasteiger partial charge in [0.2, 0.25) is 0 Å². The van der Waals surface area contributed by atoms with E-state index in [2.05, 4.69) is 37.9 Å². The highest BCUT2D eigenvalue weighted by molar-refractivity contribution is 5.80. The minimum Gasteiger partial charge on any atom is -0.366 e. The zero-order chi connectivity index (χ0) is 15.8. The number of rotatable bonds is 2. The Bertz CT molecular complexity index is 377. The number of carbonyl (C=O) groups is 1. The first-order valence-corrected chi connectivity index (χ1v) is 7.96. The Hall–Kier alpha value is -0.650. The zero-order valence-corrected chi connectivity index (χ0v) is 14.4. The van der Waals surface area contributed by atoms with Crippen LogP contribution in [0.3, 0.4) is 0 Å². The van der Waals surface area contributed by atoms with Crippen molar-refractivity contribution in [3.05, 3.63) is 0 Å². The van der Waals surface area contributed by atoms with Crippen LogP contribution in [-0.4, -0.2) is 72.7 Å². The molecule has 0 aromatic carbocycles. The van der Waals surface area contributed by atoms with Gasteiger partial charge in [0, 0.05) is 44.3 Å². The van der Waals surface area contributed by atoms with Gasteiger partial charge in [-0.15, -0.1) is 0 Å². The number of piperidine rings is 1. The lowest BCUT2D eigenvalue weighted by molar-refractivity contribution is -0.149. The Balaban J connectivity index is 2.05. The number of nitrogens with one attached hydrogen (secondary N) is 1. The van der Waals surface area contributed by atoms with Crippen molar-refractivity contribution in [2.75, 3.05) is 33.8 Å². The highest BCUT2D eigenvalue weighted by atomic mass is 16.5. The van der Waals surface area contributed by atoms with E-state index in [9.17, 15) is 4.79 Å². The number of amides is 1. The second-order valence-corrected chi connectivity index (χ2v) is 8.04. The number of hydrogen-bond donors (Lipinski definition) is 1. The molecule has 5 nitrogen and oxygen atoms in total. The molecule has 0 aromatic rings. The van der Waals surface area contributed by atoms with E-state index in [0.717, 1.165) is 19.4 Å². The van der Waals surface area contributed by atoms with Gasteiger partial charge in [-0.25, -0.2) is 0 Å². The molecule has 2 heterocycles. The van der Waals surface area contributed by atoms with Gasteiger partial charge >= 0.3 is 0 Å². The second-order valence-electron chi connectivity index (χ2n) is 8.04. The van der Waals surface area contributed by atoms with Crippen molar-refractivity contribution in [3.8, 4) is 0 Å². The van der Waals surface area contributed by atoms with Crippen molar-refractivity contribution in [2.24, 2.45) is 0 Å². The van der Waals surface area contributed by atoms with Crippen LogP contribution in [0, 0.1) is 0 Å². The number of morpholine rings is 1. The van der Waals surface area contributed by atoms with Gasteiger partial charge in [0.25, 0.3) is 5.91 Å². The fourth-order valence-corrected chi connectivity index (χ4v) is 3.96. The maximum absolute atomic E-state index is 12.1. The summed E-state index contributed by atoms with van der Waals surface area (Å²) in [6, 6.07) is 0.512. The molecule has 122 valence electrons. The molecular weight excluding hydrogens is 266 g/mol. The van der Waals surface area contributed by atoms with Crippen LogP contribution >= 0.6 is 0 Å². The van der Waals surface area contributed by atoms with E-state index in [1.807, 2.05) is 0 Å². The first-order valence-electron chi connectivity index (χ1n) is 7.96. The van der Waals surface area contributed by atoms with E-state index < -0.39 is 0 Å². The molecule has 2 aliphatic rings. The smallest absolute Gasteiger partial charge is 0.252 e. The summed E-state index contributed by atoms with van der Waals surface area (Å²) < 4.78 is 5.68. The molecule has 0 spiro atoms. The number of ether oxygens (including phenoxy) is 1. The summed E-state index contributed by atoms with van der Waals surface area (Å²) in [6.45, 7) is 11.4. The lowest BCUT2D eigenvalue weighted by Gasteiger charge is -2.51. The Morgan fingerprint density at radius 1 is 1.19 bits per heavy atom. The number of nitrogens with zero attached hydrogens (tertiary/aromatic N) is 2. The zero-order valence-electron chi connectivity index (χ0n) is 14.4. The van der Waals surface area contributed by atoms with E-state index in [-0.39, 0.29) is 23.1 Å². The number of carbonyl (C=O) groups excluding carboxylic acids is 1. The van der Waals surface area contributed by atoms with Gasteiger partial charge in [-0.2, -0.15) is 0 Å². The quantitative estimate of drug-likeness (QED) is 0.828. The van der Waals surface area contributed by atoms with E-state index in [1.54, 1.807) is 19.0 Å². The van der Waals surface area contributed by atoms with Gasteiger partial charge in [-0.05, 0) is 40.5 Å². The largest absolute Gasteiger partial charge is 0.366 e. The fourth-order valence-electron chi connectivity index (χ4n) is 3.96. The average molecular weight is 297 g/mol. The van der Waals surface area contributed by atoms with Crippen LogP contribution in [0.2, 0.25) is 0 Å². The van der Waals surface area contributed by atoms with Crippen LogP contribution in [0.4, 0.5) is 0 Å². The van der Waals surface area contributed by atoms with Gasteiger partial charge < -0.3 is 15.0 Å². The Morgan fingerprint density at radius 3 is 2.29 bits per heavy atom. The van der Waals surface area contributed by atoms with Crippen LogP contribution in [0.15, 0.2) is 0 Å². The third-order valence-corrected chi connectivity index (χ3v) is 4.50. The summed E-state index contributed by atoms with van der Waals surface area (Å²) in [7, 11) is 3.59. The predicted molar refractivity (Wildman–Crippen MR) is 84.3 cm³/mol. The van der Waals surface area contributed by atoms with Gasteiger partial charge in [0.05, 0.1) is 6.61 Å². The third-order valence-electron chi connectivity index (χ3n) is 4.50. The molecule has 0 radical (unpaired) electrons. The molecule has 0 aliphatic carbocycles. The van der Waals surface area contributed by atoms with E-state index in [4.69, 9.17) is 4.74 Å². The summed E-state index contributed by atoms with van der Waals surface area (Å²) in [6.07, 6.45) is 1.91. The molecule has 1 N–H and O–H groups in total. The second kappa shape index (κ2) is 5.86. The van der Waals surface area contributed by atoms with Gasteiger partial charge in [-0.3, -0.25) is 9.69 Å². The molecule has 2 rings (SSSR count). The van der Waals surface area contributed by atoms with Crippen molar-refractivity contribution >= 4 is 5.91 Å². The summed E-state index contributed by atoms with van der Waals surface area (Å²) in [5, 5.41) is 3.72. The highest BCUT2D eigenvalue weighted by Crippen LogP contribution is 2.32. The van der Waals surface area contributed by atoms with E-state index in [1.165, 1.54) is 0 Å². The van der Waals surface area contributed by atoms with Crippen LogP contribution in [0.25, 0.3) is 0 Å². The molecule has 0 bridgehead atoms. The third kappa shape index (κ3) is 4.18. The predicted octanol–water partition coefficient (Wildman–Crippen LogP) is 1.08. The minimum atomic E-state index is -0.310. The normalized spacial score (nSPS) is 30.1. The van der Waals surface area contributed by atoms with Crippen LogP contribution in [-0.2, 0) is 9.53 Å². The molecular formula is C16H31N3O2. The Morgan fingerprint density at radius 2 is 1.76 bits per heavy atom. The summed E-state index contributed by atoms with van der Waals surface area (Å²) in [4.78, 5) is 16.2. The maximum Gasteiger partial charge on any atom is 0.252 e. The summed E-state index contributed by atoms with van der Waals surface area (Å²) in [5.41, 5.74) is 0.261. The number of likely N-dealkylation sites (N-methyl/N-ethyl adjacent to an activating group) is 1. The lowest BCUT2D eigenvalue weighted by atomic mass is 9.79. The average Bonchev–Trinajstić information content (AvgIpc) is 2.34. The topological polar surface area (TPSA) is 44.8 Å². The molecule has 1 amide bonds. The van der Waals surface area contributed by atoms with Gasteiger partial charge in [-0.1, -0.05) is 0 Å². The molecule has 2 saturated heterocycles. The molecule has 0 unspecified atom stereocenters. The van der Waals surface area contributed by atoms with Crippen molar-refractivity contribution in [2.45, 2.75) is 63.8 Å². The Labute approximate surface area is 129 Å². The molecule has 2 aliphatic heterocycles. The Kier molecular flexibility index (Phi) is 4.66. The van der Waals surface area contributed by atoms with Gasteiger partial charge in [0.1, 0.15) is 6.10 Å². The SMILES string of the molecule is CN(C)C(=O)[C@H]1CN(C2CC(C)(C)NC(C)(C)C2)CCO1.